The van der Waals surface area contributed by atoms with Gasteiger partial charge in [-0.1, -0.05) is 60.1 Å². The molecule has 1 fully saturated rings. The fourth-order valence-corrected chi connectivity index (χ4v) is 6.84. The van der Waals surface area contributed by atoms with Crippen LogP contribution in [0.1, 0.15) is 22.3 Å². The Hall–Kier alpha value is -2.53. The molecule has 7 rings (SSSR count). The number of carbonyl (C=O) groups excluding carboxylic acids is 2. The van der Waals surface area contributed by atoms with Crippen molar-refractivity contribution >= 4 is 52.3 Å². The highest BCUT2D eigenvalue weighted by Crippen LogP contribution is 2.69. The average Bonchev–Trinajstić information content (AvgIpc) is 3.05. The van der Waals surface area contributed by atoms with Crippen LogP contribution in [0.2, 0.25) is 5.02 Å². The van der Waals surface area contributed by atoms with E-state index in [1.54, 1.807) is 0 Å². The second kappa shape index (κ2) is 6.04. The summed E-state index contributed by atoms with van der Waals surface area (Å²) in [6, 6.07) is 19.1. The fourth-order valence-electron chi connectivity index (χ4n) is 5.58. The number of imide groups is 1. The number of halogens is 3. The number of amides is 2. The van der Waals surface area contributed by atoms with Crippen molar-refractivity contribution in [2.24, 2.45) is 11.8 Å². The monoisotopic (exact) mass is 469 g/mol. The van der Waals surface area contributed by atoms with E-state index in [2.05, 4.69) is 0 Å². The summed E-state index contributed by atoms with van der Waals surface area (Å²) >= 11 is 20.8. The van der Waals surface area contributed by atoms with Crippen LogP contribution in [0.15, 0.2) is 66.7 Å². The van der Waals surface area contributed by atoms with E-state index in [4.69, 9.17) is 34.8 Å². The number of carbonyl (C=O) groups is 2. The minimum Gasteiger partial charge on any atom is -0.506 e. The van der Waals surface area contributed by atoms with Crippen LogP contribution in [0.5, 0.6) is 5.75 Å². The zero-order valence-electron chi connectivity index (χ0n) is 15.9. The number of hydrogen-bond donors (Lipinski definition) is 1. The van der Waals surface area contributed by atoms with Gasteiger partial charge in [-0.05, 0) is 40.5 Å². The van der Waals surface area contributed by atoms with Gasteiger partial charge in [-0.2, -0.15) is 0 Å². The summed E-state index contributed by atoms with van der Waals surface area (Å²) in [6.07, 6.45) is 0. The third-order valence-electron chi connectivity index (χ3n) is 6.76. The summed E-state index contributed by atoms with van der Waals surface area (Å²) in [5.41, 5.74) is 2.94. The summed E-state index contributed by atoms with van der Waals surface area (Å²) in [5, 5.41) is 10.7. The quantitative estimate of drug-likeness (QED) is 0.396. The van der Waals surface area contributed by atoms with Crippen molar-refractivity contribution in [1.82, 2.24) is 0 Å². The lowest BCUT2D eigenvalue weighted by Gasteiger charge is -2.54. The van der Waals surface area contributed by atoms with E-state index in [1.165, 1.54) is 18.2 Å². The van der Waals surface area contributed by atoms with Crippen LogP contribution in [0.3, 0.4) is 0 Å². The molecule has 0 saturated carbocycles. The van der Waals surface area contributed by atoms with Crippen molar-refractivity contribution in [2.75, 3.05) is 4.90 Å². The second-order valence-electron chi connectivity index (χ2n) is 8.11. The Balaban J connectivity index is 1.67. The maximum absolute atomic E-state index is 13.8. The predicted molar refractivity (Wildman–Crippen MR) is 119 cm³/mol. The number of rotatable bonds is 1. The molecule has 0 spiro atoms. The molecule has 2 bridgehead atoms. The van der Waals surface area contributed by atoms with Gasteiger partial charge in [-0.3, -0.25) is 9.59 Å². The molecule has 0 aromatic heterocycles. The minimum atomic E-state index is -1.26. The lowest BCUT2D eigenvalue weighted by molar-refractivity contribution is -0.122. The molecular weight excluding hydrogens is 457 g/mol. The molecule has 1 saturated heterocycles. The Kier molecular flexibility index (Phi) is 3.73. The Labute approximate surface area is 193 Å². The molecule has 0 unspecified atom stereocenters. The molecule has 4 nitrogen and oxygen atoms in total. The summed E-state index contributed by atoms with van der Waals surface area (Å²) < 4.78 is 0. The first kappa shape index (κ1) is 19.2. The topological polar surface area (TPSA) is 57.6 Å². The van der Waals surface area contributed by atoms with Crippen molar-refractivity contribution in [3.8, 4) is 5.75 Å². The molecule has 1 aliphatic heterocycles. The molecule has 154 valence electrons. The van der Waals surface area contributed by atoms with Crippen molar-refractivity contribution in [2.45, 2.75) is 9.75 Å². The van der Waals surface area contributed by atoms with E-state index in [0.717, 1.165) is 27.2 Å². The third-order valence-corrected chi connectivity index (χ3v) is 8.28. The Morgan fingerprint density at radius 3 is 1.58 bits per heavy atom. The van der Waals surface area contributed by atoms with E-state index in [1.807, 2.05) is 48.5 Å². The molecule has 1 heterocycles. The maximum Gasteiger partial charge on any atom is 0.240 e. The largest absolute Gasteiger partial charge is 0.506 e. The van der Waals surface area contributed by atoms with Gasteiger partial charge in [-0.25, -0.2) is 4.90 Å². The van der Waals surface area contributed by atoms with Crippen LogP contribution in [0.4, 0.5) is 5.69 Å². The van der Waals surface area contributed by atoms with E-state index < -0.39 is 33.4 Å². The van der Waals surface area contributed by atoms with E-state index >= 15 is 0 Å². The van der Waals surface area contributed by atoms with Crippen molar-refractivity contribution in [3.05, 3.63) is 94.0 Å². The molecule has 3 aliphatic carbocycles. The molecule has 2 amide bonds. The molecule has 3 aromatic rings. The molecule has 31 heavy (non-hydrogen) atoms. The van der Waals surface area contributed by atoms with E-state index in [9.17, 15) is 14.7 Å². The first-order valence-electron chi connectivity index (χ1n) is 9.75. The standard InChI is InChI=1S/C24H14Cl3NO3/c25-12-9-10-18(29)17(11-12)28-21(30)19-20(22(28)31)24(27)14-6-2-1-5-13(14)23(19,26)15-7-3-4-8-16(15)24/h1-11,19-20,29H/t19-,20+,23?,24?. The lowest BCUT2D eigenvalue weighted by atomic mass is 9.54. The van der Waals surface area contributed by atoms with Gasteiger partial charge in [0.25, 0.3) is 0 Å². The molecule has 0 radical (unpaired) electrons. The number of hydrogen-bond acceptors (Lipinski definition) is 3. The summed E-state index contributed by atoms with van der Waals surface area (Å²) in [7, 11) is 0. The van der Waals surface area contributed by atoms with E-state index in [-0.39, 0.29) is 11.4 Å². The summed E-state index contributed by atoms with van der Waals surface area (Å²) in [5.74, 6) is -3.09. The first-order chi connectivity index (χ1) is 14.8. The number of nitrogens with zero attached hydrogens (tertiary/aromatic N) is 1. The zero-order chi connectivity index (χ0) is 21.7. The SMILES string of the molecule is O=C1[C@@H]2[C@H](C(=O)N1c1cc(Cl)ccc1O)C1(Cl)c3ccccc3C2(Cl)c2ccccc21. The van der Waals surface area contributed by atoms with Gasteiger partial charge < -0.3 is 5.11 Å². The second-order valence-corrected chi connectivity index (χ2v) is 9.74. The normalized spacial score (nSPS) is 30.2. The Morgan fingerprint density at radius 2 is 1.16 bits per heavy atom. The van der Waals surface area contributed by atoms with Gasteiger partial charge in [0.15, 0.2) is 0 Å². The highest BCUT2D eigenvalue weighted by molar-refractivity contribution is 6.39. The summed E-state index contributed by atoms with van der Waals surface area (Å²) in [4.78, 5) is 26.0. The number of phenolic OH excluding ortho intramolecular Hbond substituents is 1. The summed E-state index contributed by atoms with van der Waals surface area (Å²) in [6.45, 7) is 0. The average molecular weight is 471 g/mol. The number of anilines is 1. The van der Waals surface area contributed by atoms with Crippen LogP contribution in [-0.4, -0.2) is 16.9 Å². The van der Waals surface area contributed by atoms with Gasteiger partial charge in [0.1, 0.15) is 15.5 Å². The molecule has 2 atom stereocenters. The first-order valence-corrected chi connectivity index (χ1v) is 10.9. The molecule has 7 heteroatoms. The van der Waals surface area contributed by atoms with Gasteiger partial charge >= 0.3 is 0 Å². The number of aromatic hydroxyl groups is 1. The minimum absolute atomic E-state index is 0.0324. The lowest BCUT2D eigenvalue weighted by Crippen LogP contribution is -2.57. The third kappa shape index (κ3) is 2.08. The maximum atomic E-state index is 13.8. The number of benzene rings is 3. The van der Waals surface area contributed by atoms with Gasteiger partial charge in [0.05, 0.1) is 17.5 Å². The predicted octanol–water partition coefficient (Wildman–Crippen LogP) is 5.14. The van der Waals surface area contributed by atoms with Crippen LogP contribution < -0.4 is 4.90 Å². The van der Waals surface area contributed by atoms with Crippen LogP contribution >= 0.6 is 34.8 Å². The highest BCUT2D eigenvalue weighted by atomic mass is 35.5. The number of phenols is 1. The van der Waals surface area contributed by atoms with Crippen molar-refractivity contribution in [1.29, 1.82) is 0 Å². The molecule has 4 aliphatic rings. The van der Waals surface area contributed by atoms with Gasteiger partial charge in [0.2, 0.25) is 11.8 Å². The van der Waals surface area contributed by atoms with Crippen molar-refractivity contribution in [3.63, 3.8) is 0 Å². The van der Waals surface area contributed by atoms with Gasteiger partial charge in [0, 0.05) is 5.02 Å². The zero-order valence-corrected chi connectivity index (χ0v) is 18.1. The fraction of sp³-hybridized carbons (Fsp3) is 0.167. The van der Waals surface area contributed by atoms with Gasteiger partial charge in [-0.15, -0.1) is 23.2 Å². The molecule has 1 N–H and O–H groups in total. The van der Waals surface area contributed by atoms with E-state index in [0.29, 0.717) is 5.02 Å². The molecule has 3 aromatic carbocycles. The highest BCUT2D eigenvalue weighted by Gasteiger charge is 2.73. The van der Waals surface area contributed by atoms with Crippen molar-refractivity contribution < 1.29 is 14.7 Å². The Bertz CT molecular complexity index is 1200. The Morgan fingerprint density at radius 1 is 0.742 bits per heavy atom. The number of alkyl halides is 2. The molecular formula is C24H14Cl3NO3. The van der Waals surface area contributed by atoms with Crippen LogP contribution in [0.25, 0.3) is 0 Å². The van der Waals surface area contributed by atoms with Crippen LogP contribution in [0, 0.1) is 11.8 Å². The smallest absolute Gasteiger partial charge is 0.240 e. The van der Waals surface area contributed by atoms with Crippen LogP contribution in [-0.2, 0) is 19.3 Å².